The molecule has 1 aromatic heterocycles. The highest BCUT2D eigenvalue weighted by molar-refractivity contribution is 6.32. The van der Waals surface area contributed by atoms with E-state index < -0.39 is 0 Å². The van der Waals surface area contributed by atoms with Gasteiger partial charge in [0.2, 0.25) is 5.91 Å². The molecule has 0 saturated heterocycles. The summed E-state index contributed by atoms with van der Waals surface area (Å²) in [5.41, 5.74) is 3.96. The minimum absolute atomic E-state index is 0.000427. The Balaban J connectivity index is 1.32. The Bertz CT molecular complexity index is 1250. The van der Waals surface area contributed by atoms with Crippen LogP contribution < -0.4 is 20.2 Å². The van der Waals surface area contributed by atoms with Crippen LogP contribution in [0.25, 0.3) is 10.9 Å². The van der Waals surface area contributed by atoms with Crippen molar-refractivity contribution in [2.24, 2.45) is 0 Å². The van der Waals surface area contributed by atoms with E-state index in [4.69, 9.17) is 21.1 Å². The molecule has 0 aliphatic carbocycles. The molecule has 0 bridgehead atoms. The van der Waals surface area contributed by atoms with Gasteiger partial charge in [-0.2, -0.15) is 0 Å². The number of pyridine rings is 1. The number of carbonyl (C=O) groups is 1. The Hall–Kier alpha value is -3.03. The van der Waals surface area contributed by atoms with E-state index in [1.165, 1.54) is 0 Å². The Labute approximate surface area is 183 Å². The number of aromatic nitrogens is 1. The van der Waals surface area contributed by atoms with E-state index in [1.807, 2.05) is 11.8 Å². The third kappa shape index (κ3) is 3.75. The fourth-order valence-corrected chi connectivity index (χ4v) is 4.33. The van der Waals surface area contributed by atoms with Crippen LogP contribution in [0.5, 0.6) is 11.5 Å². The minimum Gasteiger partial charge on any atom is -0.486 e. The second kappa shape index (κ2) is 7.90. The smallest absolute Gasteiger partial charge is 0.238 e. The summed E-state index contributed by atoms with van der Waals surface area (Å²) in [5, 5.41) is 4.17. The quantitative estimate of drug-likeness (QED) is 0.654. The number of nitrogens with zero attached hydrogens (tertiary/aromatic N) is 1. The van der Waals surface area contributed by atoms with Gasteiger partial charge in [-0.25, -0.2) is 0 Å². The van der Waals surface area contributed by atoms with Crippen molar-refractivity contribution in [3.05, 3.63) is 62.4 Å². The number of hydrogen-bond donors (Lipinski definition) is 2. The zero-order valence-corrected chi connectivity index (χ0v) is 17.8. The van der Waals surface area contributed by atoms with Gasteiger partial charge in [0, 0.05) is 52.9 Å². The van der Waals surface area contributed by atoms with Crippen LogP contribution in [0.3, 0.4) is 0 Å². The summed E-state index contributed by atoms with van der Waals surface area (Å²) in [4.78, 5) is 31.1. The summed E-state index contributed by atoms with van der Waals surface area (Å²) in [5.74, 6) is 1.17. The van der Waals surface area contributed by atoms with Crippen molar-refractivity contribution >= 4 is 34.1 Å². The molecule has 2 N–H and O–H groups in total. The standard InChI is InChI=1S/C23H22ClN3O4/c1-13-17(24)4-3-15-22(13)26-18-6-7-27(11-16(18)23(15)29)12-21(28)25-14-2-5-19-20(10-14)31-9-8-30-19/h2-5,10H,6-9,11-12H2,1H3,(H,25,28)(H,26,29). The maximum absolute atomic E-state index is 13.1. The van der Waals surface area contributed by atoms with E-state index in [-0.39, 0.29) is 17.9 Å². The summed E-state index contributed by atoms with van der Waals surface area (Å²) in [7, 11) is 0. The van der Waals surface area contributed by atoms with Crippen LogP contribution in [0.2, 0.25) is 5.02 Å². The molecule has 0 atom stereocenters. The molecular weight excluding hydrogens is 418 g/mol. The first-order chi connectivity index (χ1) is 15.0. The predicted octanol–water partition coefficient (Wildman–Crippen LogP) is 3.26. The topological polar surface area (TPSA) is 83.7 Å². The Morgan fingerprint density at radius 3 is 2.84 bits per heavy atom. The molecule has 2 aliphatic rings. The van der Waals surface area contributed by atoms with E-state index in [1.54, 1.807) is 30.3 Å². The summed E-state index contributed by atoms with van der Waals surface area (Å²) in [6, 6.07) is 8.86. The molecular formula is C23H22ClN3O4. The van der Waals surface area contributed by atoms with E-state index in [0.717, 1.165) is 16.8 Å². The number of hydrogen-bond acceptors (Lipinski definition) is 5. The van der Waals surface area contributed by atoms with Crippen molar-refractivity contribution in [3.63, 3.8) is 0 Å². The molecule has 160 valence electrons. The third-order valence-electron chi connectivity index (χ3n) is 5.81. The summed E-state index contributed by atoms with van der Waals surface area (Å²) in [6.07, 6.45) is 0.670. The molecule has 7 nitrogen and oxygen atoms in total. The Kier molecular flexibility index (Phi) is 5.08. The summed E-state index contributed by atoms with van der Waals surface area (Å²) < 4.78 is 11.1. The molecule has 2 aromatic carbocycles. The van der Waals surface area contributed by atoms with Gasteiger partial charge in [0.05, 0.1) is 12.1 Å². The summed E-state index contributed by atoms with van der Waals surface area (Å²) in [6.45, 7) is 4.23. The number of aryl methyl sites for hydroxylation is 1. The van der Waals surface area contributed by atoms with Crippen LogP contribution in [0.4, 0.5) is 5.69 Å². The van der Waals surface area contributed by atoms with Crippen molar-refractivity contribution in [2.45, 2.75) is 19.9 Å². The van der Waals surface area contributed by atoms with E-state index in [2.05, 4.69) is 10.3 Å². The number of anilines is 1. The van der Waals surface area contributed by atoms with Gasteiger partial charge in [0.25, 0.3) is 0 Å². The molecule has 0 unspecified atom stereocenters. The molecule has 8 heteroatoms. The zero-order chi connectivity index (χ0) is 21.5. The minimum atomic E-state index is -0.139. The third-order valence-corrected chi connectivity index (χ3v) is 6.22. The molecule has 0 fully saturated rings. The Morgan fingerprint density at radius 2 is 2.00 bits per heavy atom. The average Bonchev–Trinajstić information content (AvgIpc) is 2.77. The van der Waals surface area contributed by atoms with Crippen LogP contribution in [-0.2, 0) is 17.8 Å². The number of halogens is 1. The molecule has 5 rings (SSSR count). The number of amides is 1. The Morgan fingerprint density at radius 1 is 1.19 bits per heavy atom. The largest absolute Gasteiger partial charge is 0.486 e. The number of carbonyl (C=O) groups excluding carboxylic acids is 1. The van der Waals surface area contributed by atoms with E-state index in [0.29, 0.717) is 65.9 Å². The van der Waals surface area contributed by atoms with E-state index >= 15 is 0 Å². The second-order valence-corrected chi connectivity index (χ2v) is 8.28. The van der Waals surface area contributed by atoms with Crippen LogP contribution in [0.1, 0.15) is 16.8 Å². The van der Waals surface area contributed by atoms with Gasteiger partial charge in [-0.15, -0.1) is 0 Å². The van der Waals surface area contributed by atoms with Gasteiger partial charge in [-0.05, 0) is 36.8 Å². The SMILES string of the molecule is Cc1c(Cl)ccc2c(=O)c3c([nH]c12)CCN(CC(=O)Nc1ccc2c(c1)OCCO2)C3. The zero-order valence-electron chi connectivity index (χ0n) is 17.1. The molecule has 3 heterocycles. The fraction of sp³-hybridized carbons (Fsp3) is 0.304. The monoisotopic (exact) mass is 439 g/mol. The highest BCUT2D eigenvalue weighted by Crippen LogP contribution is 2.32. The molecule has 3 aromatic rings. The average molecular weight is 440 g/mol. The molecule has 2 aliphatic heterocycles. The van der Waals surface area contributed by atoms with Gasteiger partial charge in [0.15, 0.2) is 16.9 Å². The normalized spacial score (nSPS) is 15.5. The molecule has 1 amide bonds. The van der Waals surface area contributed by atoms with E-state index in [9.17, 15) is 9.59 Å². The number of rotatable bonds is 3. The number of nitrogens with one attached hydrogen (secondary N) is 2. The molecule has 0 radical (unpaired) electrons. The number of fused-ring (bicyclic) bond motifs is 3. The predicted molar refractivity (Wildman–Crippen MR) is 119 cm³/mol. The fourth-order valence-electron chi connectivity index (χ4n) is 4.18. The van der Waals surface area contributed by atoms with Crippen LogP contribution in [0, 0.1) is 6.92 Å². The van der Waals surface area contributed by atoms with Gasteiger partial charge in [0.1, 0.15) is 13.2 Å². The van der Waals surface area contributed by atoms with Crippen molar-refractivity contribution < 1.29 is 14.3 Å². The van der Waals surface area contributed by atoms with Crippen molar-refractivity contribution in [1.29, 1.82) is 0 Å². The van der Waals surface area contributed by atoms with Crippen LogP contribution in [-0.4, -0.2) is 42.1 Å². The van der Waals surface area contributed by atoms with Crippen molar-refractivity contribution in [3.8, 4) is 11.5 Å². The highest BCUT2D eigenvalue weighted by atomic mass is 35.5. The molecule has 0 saturated carbocycles. The lowest BCUT2D eigenvalue weighted by atomic mass is 10.0. The first kappa shape index (κ1) is 19.9. The molecule has 0 spiro atoms. The van der Waals surface area contributed by atoms with Crippen LogP contribution in [0.15, 0.2) is 35.1 Å². The van der Waals surface area contributed by atoms with Crippen molar-refractivity contribution in [1.82, 2.24) is 9.88 Å². The molecule has 31 heavy (non-hydrogen) atoms. The summed E-state index contributed by atoms with van der Waals surface area (Å²) >= 11 is 6.22. The van der Waals surface area contributed by atoms with Crippen LogP contribution >= 0.6 is 11.6 Å². The number of aromatic amines is 1. The number of ether oxygens (including phenoxy) is 2. The van der Waals surface area contributed by atoms with Gasteiger partial charge >= 0.3 is 0 Å². The number of benzene rings is 2. The maximum Gasteiger partial charge on any atom is 0.238 e. The van der Waals surface area contributed by atoms with Gasteiger partial charge in [-0.3, -0.25) is 14.5 Å². The second-order valence-electron chi connectivity index (χ2n) is 7.87. The lowest BCUT2D eigenvalue weighted by Gasteiger charge is -2.28. The van der Waals surface area contributed by atoms with Gasteiger partial charge in [-0.1, -0.05) is 11.6 Å². The number of H-pyrrole nitrogens is 1. The lowest BCUT2D eigenvalue weighted by molar-refractivity contribution is -0.117. The van der Waals surface area contributed by atoms with Gasteiger partial charge < -0.3 is 19.8 Å². The first-order valence-corrected chi connectivity index (χ1v) is 10.6. The van der Waals surface area contributed by atoms with Crippen molar-refractivity contribution in [2.75, 3.05) is 31.6 Å². The maximum atomic E-state index is 13.1. The first-order valence-electron chi connectivity index (χ1n) is 10.2. The highest BCUT2D eigenvalue weighted by Gasteiger charge is 2.23. The lowest BCUT2D eigenvalue weighted by Crippen LogP contribution is -2.39.